The highest BCUT2D eigenvalue weighted by atomic mass is 15.3. The lowest BCUT2D eigenvalue weighted by Gasteiger charge is -2.41. The van der Waals surface area contributed by atoms with Gasteiger partial charge in [0.15, 0.2) is 0 Å². The standard InChI is InChI=1S/C24H22N2/c25-24(18-16-21(17-19-24)20-10-4-1-5-11-20)26(22-12-6-2-7-13-22)23-14-8-3-9-15-23/h1-18H,19,25H2. The van der Waals surface area contributed by atoms with E-state index in [9.17, 15) is 0 Å². The number of hydrogen-bond donors (Lipinski definition) is 1. The van der Waals surface area contributed by atoms with Crippen LogP contribution in [-0.4, -0.2) is 5.66 Å². The first-order chi connectivity index (χ1) is 12.8. The molecular weight excluding hydrogens is 316 g/mol. The van der Waals surface area contributed by atoms with Crippen LogP contribution in [0.2, 0.25) is 0 Å². The van der Waals surface area contributed by atoms with Crippen LogP contribution in [0.1, 0.15) is 12.0 Å². The second-order valence-electron chi connectivity index (χ2n) is 6.56. The van der Waals surface area contributed by atoms with Gasteiger partial charge < -0.3 is 10.6 Å². The molecule has 0 bridgehead atoms. The minimum atomic E-state index is -0.610. The summed E-state index contributed by atoms with van der Waals surface area (Å²) in [5.41, 5.74) is 10.9. The van der Waals surface area contributed by atoms with Crippen LogP contribution >= 0.6 is 0 Å². The Morgan fingerprint density at radius 2 is 1.19 bits per heavy atom. The van der Waals surface area contributed by atoms with Crippen molar-refractivity contribution in [2.45, 2.75) is 12.1 Å². The van der Waals surface area contributed by atoms with Crippen LogP contribution in [0, 0.1) is 0 Å². The molecule has 0 amide bonds. The second-order valence-corrected chi connectivity index (χ2v) is 6.56. The van der Waals surface area contributed by atoms with Gasteiger partial charge in [-0.1, -0.05) is 78.9 Å². The number of nitrogens with zero attached hydrogens (tertiary/aromatic N) is 1. The number of nitrogens with two attached hydrogens (primary N) is 1. The Kier molecular flexibility index (Phi) is 4.42. The van der Waals surface area contributed by atoms with Crippen molar-refractivity contribution < 1.29 is 0 Å². The zero-order valence-electron chi connectivity index (χ0n) is 14.6. The van der Waals surface area contributed by atoms with Gasteiger partial charge in [-0.25, -0.2) is 0 Å². The van der Waals surface area contributed by atoms with Crippen molar-refractivity contribution >= 4 is 16.9 Å². The zero-order valence-corrected chi connectivity index (χ0v) is 14.6. The maximum atomic E-state index is 6.90. The predicted octanol–water partition coefficient (Wildman–Crippen LogP) is 5.52. The molecule has 128 valence electrons. The lowest BCUT2D eigenvalue weighted by molar-refractivity contribution is 0.541. The number of benzene rings is 3. The summed E-state index contributed by atoms with van der Waals surface area (Å²) < 4.78 is 0. The van der Waals surface area contributed by atoms with E-state index < -0.39 is 5.66 Å². The molecule has 0 saturated heterocycles. The minimum Gasteiger partial charge on any atom is -0.319 e. The van der Waals surface area contributed by atoms with Gasteiger partial charge in [0.2, 0.25) is 0 Å². The van der Waals surface area contributed by atoms with Crippen molar-refractivity contribution in [3.63, 3.8) is 0 Å². The van der Waals surface area contributed by atoms with E-state index in [2.05, 4.69) is 71.7 Å². The maximum absolute atomic E-state index is 6.90. The van der Waals surface area contributed by atoms with E-state index in [4.69, 9.17) is 5.73 Å². The van der Waals surface area contributed by atoms with Crippen LogP contribution in [0.4, 0.5) is 11.4 Å². The van der Waals surface area contributed by atoms with E-state index in [-0.39, 0.29) is 0 Å². The molecule has 0 heterocycles. The number of rotatable bonds is 4. The van der Waals surface area contributed by atoms with Crippen molar-refractivity contribution in [3.05, 3.63) is 115 Å². The fraction of sp³-hybridized carbons (Fsp3) is 0.0833. The van der Waals surface area contributed by atoms with Crippen LogP contribution in [0.5, 0.6) is 0 Å². The molecule has 26 heavy (non-hydrogen) atoms. The highest BCUT2D eigenvalue weighted by molar-refractivity contribution is 5.77. The zero-order chi connectivity index (χ0) is 17.8. The van der Waals surface area contributed by atoms with Crippen LogP contribution in [0.3, 0.4) is 0 Å². The SMILES string of the molecule is NC1(N(c2ccccc2)c2ccccc2)C=CC(c2ccccc2)=CC1. The Labute approximate surface area is 154 Å². The molecule has 0 saturated carbocycles. The molecule has 1 aliphatic rings. The summed E-state index contributed by atoms with van der Waals surface area (Å²) in [6.45, 7) is 0. The number of allylic oxidation sites excluding steroid dienone is 2. The summed E-state index contributed by atoms with van der Waals surface area (Å²) in [5, 5.41) is 0. The summed E-state index contributed by atoms with van der Waals surface area (Å²) in [5.74, 6) is 0. The van der Waals surface area contributed by atoms with Crippen molar-refractivity contribution in [2.75, 3.05) is 4.90 Å². The Bertz CT molecular complexity index is 875. The normalized spacial score (nSPS) is 19.0. The quantitative estimate of drug-likeness (QED) is 0.634. The van der Waals surface area contributed by atoms with Gasteiger partial charge in [-0.15, -0.1) is 0 Å². The summed E-state index contributed by atoms with van der Waals surface area (Å²) in [4.78, 5) is 2.21. The molecule has 2 N–H and O–H groups in total. The van der Waals surface area contributed by atoms with E-state index in [0.29, 0.717) is 0 Å². The van der Waals surface area contributed by atoms with Gasteiger partial charge in [-0.2, -0.15) is 0 Å². The first-order valence-electron chi connectivity index (χ1n) is 8.90. The van der Waals surface area contributed by atoms with Gasteiger partial charge in [0.05, 0.1) is 0 Å². The van der Waals surface area contributed by atoms with Crippen LogP contribution in [-0.2, 0) is 0 Å². The van der Waals surface area contributed by atoms with Crippen molar-refractivity contribution in [3.8, 4) is 0 Å². The smallest absolute Gasteiger partial charge is 0.116 e. The summed E-state index contributed by atoms with van der Waals surface area (Å²) in [7, 11) is 0. The van der Waals surface area contributed by atoms with Crippen molar-refractivity contribution in [1.29, 1.82) is 0 Å². The largest absolute Gasteiger partial charge is 0.319 e. The molecule has 4 rings (SSSR count). The van der Waals surface area contributed by atoms with Gasteiger partial charge in [0.1, 0.15) is 5.66 Å². The molecule has 3 aromatic rings. The highest BCUT2D eigenvalue weighted by Crippen LogP contribution is 2.36. The molecule has 0 aliphatic heterocycles. The monoisotopic (exact) mass is 338 g/mol. The fourth-order valence-corrected chi connectivity index (χ4v) is 3.44. The van der Waals surface area contributed by atoms with E-state index in [1.807, 2.05) is 42.5 Å². The molecule has 1 unspecified atom stereocenters. The molecule has 1 atom stereocenters. The topological polar surface area (TPSA) is 29.3 Å². The first-order valence-corrected chi connectivity index (χ1v) is 8.90. The molecule has 0 radical (unpaired) electrons. The predicted molar refractivity (Wildman–Crippen MR) is 110 cm³/mol. The minimum absolute atomic E-state index is 0.610. The van der Waals surface area contributed by atoms with Crippen LogP contribution < -0.4 is 10.6 Å². The number of hydrogen-bond acceptors (Lipinski definition) is 2. The van der Waals surface area contributed by atoms with Crippen LogP contribution in [0.25, 0.3) is 5.57 Å². The molecule has 0 aromatic heterocycles. The third-order valence-electron chi connectivity index (χ3n) is 4.75. The van der Waals surface area contributed by atoms with Gasteiger partial charge >= 0.3 is 0 Å². The molecule has 3 aromatic carbocycles. The van der Waals surface area contributed by atoms with Crippen LogP contribution in [0.15, 0.2) is 109 Å². The average molecular weight is 338 g/mol. The average Bonchev–Trinajstić information content (AvgIpc) is 2.71. The molecule has 2 heteroatoms. The summed E-state index contributed by atoms with van der Waals surface area (Å²) in [6.07, 6.45) is 7.22. The lowest BCUT2D eigenvalue weighted by Crippen LogP contribution is -2.53. The first kappa shape index (κ1) is 16.4. The molecule has 0 fully saturated rings. The van der Waals surface area contributed by atoms with Gasteiger partial charge in [0, 0.05) is 17.8 Å². The second kappa shape index (κ2) is 7.03. The van der Waals surface area contributed by atoms with Crippen molar-refractivity contribution in [2.24, 2.45) is 5.73 Å². The fourth-order valence-electron chi connectivity index (χ4n) is 3.44. The van der Waals surface area contributed by atoms with E-state index >= 15 is 0 Å². The lowest BCUT2D eigenvalue weighted by atomic mass is 9.91. The van der Waals surface area contributed by atoms with E-state index in [1.165, 1.54) is 11.1 Å². The van der Waals surface area contributed by atoms with Crippen molar-refractivity contribution in [1.82, 2.24) is 0 Å². The van der Waals surface area contributed by atoms with Gasteiger partial charge in [-0.3, -0.25) is 0 Å². The third kappa shape index (κ3) is 3.19. The Morgan fingerprint density at radius 3 is 1.65 bits per heavy atom. The van der Waals surface area contributed by atoms with E-state index in [1.54, 1.807) is 0 Å². The van der Waals surface area contributed by atoms with Gasteiger partial charge in [0.25, 0.3) is 0 Å². The molecule has 2 nitrogen and oxygen atoms in total. The van der Waals surface area contributed by atoms with E-state index in [0.717, 1.165) is 17.8 Å². The summed E-state index contributed by atoms with van der Waals surface area (Å²) >= 11 is 0. The number of para-hydroxylation sites is 2. The molecule has 0 spiro atoms. The number of anilines is 2. The van der Waals surface area contributed by atoms with Gasteiger partial charge in [-0.05, 0) is 41.5 Å². The third-order valence-corrected chi connectivity index (χ3v) is 4.75. The molecular formula is C24H22N2. The Morgan fingerprint density at radius 1 is 0.692 bits per heavy atom. The maximum Gasteiger partial charge on any atom is 0.116 e. The Balaban J connectivity index is 1.71. The molecule has 1 aliphatic carbocycles. The Hall–Kier alpha value is -3.10. The summed E-state index contributed by atoms with van der Waals surface area (Å²) in [6, 6.07) is 31.1. The highest BCUT2D eigenvalue weighted by Gasteiger charge is 2.32.